The van der Waals surface area contributed by atoms with Crippen molar-refractivity contribution in [2.45, 2.75) is 181 Å². The van der Waals surface area contributed by atoms with Crippen LogP contribution in [0.25, 0.3) is 0 Å². The second kappa shape index (κ2) is 30.4. The number of carbonyl (C=O) groups is 2. The molecule has 0 spiro atoms. The maximum Gasteiger partial charge on any atom is 0.306 e. The van der Waals surface area contributed by atoms with Gasteiger partial charge < -0.3 is 14.2 Å². The Morgan fingerprint density at radius 3 is 1.34 bits per heavy atom. The molecule has 0 heterocycles. The van der Waals surface area contributed by atoms with Crippen molar-refractivity contribution in [1.82, 2.24) is 0 Å². The first-order valence-electron chi connectivity index (χ1n) is 16.6. The van der Waals surface area contributed by atoms with E-state index in [0.29, 0.717) is 26.1 Å². The third-order valence-corrected chi connectivity index (χ3v) is 7.14. The molecule has 0 radical (unpaired) electrons. The van der Waals surface area contributed by atoms with Crippen LogP contribution in [0.1, 0.15) is 175 Å². The standard InChI is InChI=1S/C33H64O5/c1-4-7-10-13-15-17-18-21-23-26-32(34)37-30-31(38-33(35)27-24-20-12-9-6-3)29-36-28-25-22-19-16-14-11-8-5-2/h31H,4-30H2,1-3H3. The second-order valence-electron chi connectivity index (χ2n) is 11.1. The zero-order chi connectivity index (χ0) is 27.9. The third-order valence-electron chi connectivity index (χ3n) is 7.14. The van der Waals surface area contributed by atoms with Crippen molar-refractivity contribution in [3.63, 3.8) is 0 Å². The minimum atomic E-state index is -0.515. The van der Waals surface area contributed by atoms with Gasteiger partial charge in [0.05, 0.1) is 6.61 Å². The summed E-state index contributed by atoms with van der Waals surface area (Å²) < 4.78 is 17.0. The Hall–Kier alpha value is -1.10. The Labute approximate surface area is 236 Å². The highest BCUT2D eigenvalue weighted by Gasteiger charge is 2.17. The van der Waals surface area contributed by atoms with E-state index in [1.807, 2.05) is 0 Å². The molecule has 1 unspecified atom stereocenters. The molecule has 0 rings (SSSR count). The molecule has 0 aromatic carbocycles. The van der Waals surface area contributed by atoms with E-state index in [0.717, 1.165) is 38.5 Å². The Kier molecular flexibility index (Phi) is 29.6. The summed E-state index contributed by atoms with van der Waals surface area (Å²) in [6.45, 7) is 7.72. The number of hydrogen-bond acceptors (Lipinski definition) is 5. The lowest BCUT2D eigenvalue weighted by molar-refractivity contribution is -0.163. The molecule has 5 nitrogen and oxygen atoms in total. The Morgan fingerprint density at radius 1 is 0.474 bits per heavy atom. The Balaban J connectivity index is 4.14. The largest absolute Gasteiger partial charge is 0.462 e. The summed E-state index contributed by atoms with van der Waals surface area (Å²) in [6, 6.07) is 0. The fourth-order valence-electron chi connectivity index (χ4n) is 4.62. The van der Waals surface area contributed by atoms with Gasteiger partial charge in [-0.2, -0.15) is 0 Å². The van der Waals surface area contributed by atoms with Gasteiger partial charge in [0.25, 0.3) is 0 Å². The first-order chi connectivity index (χ1) is 18.6. The van der Waals surface area contributed by atoms with Crippen LogP contribution >= 0.6 is 0 Å². The highest BCUT2D eigenvalue weighted by molar-refractivity contribution is 5.70. The molecular formula is C33H64O5. The van der Waals surface area contributed by atoms with Crippen LogP contribution in [0.15, 0.2) is 0 Å². The van der Waals surface area contributed by atoms with Crippen molar-refractivity contribution in [2.24, 2.45) is 0 Å². The normalized spacial score (nSPS) is 12.0. The van der Waals surface area contributed by atoms with E-state index < -0.39 is 6.10 Å². The lowest BCUT2D eigenvalue weighted by atomic mass is 10.1. The molecule has 0 aromatic heterocycles. The fourth-order valence-corrected chi connectivity index (χ4v) is 4.62. The monoisotopic (exact) mass is 540 g/mol. The fraction of sp³-hybridized carbons (Fsp3) is 0.939. The van der Waals surface area contributed by atoms with Crippen LogP contribution in [0.3, 0.4) is 0 Å². The number of rotatable bonds is 30. The molecule has 226 valence electrons. The van der Waals surface area contributed by atoms with Crippen LogP contribution in [0.2, 0.25) is 0 Å². The van der Waals surface area contributed by atoms with Gasteiger partial charge in [-0.1, -0.05) is 143 Å². The van der Waals surface area contributed by atoms with Gasteiger partial charge in [-0.15, -0.1) is 0 Å². The number of ether oxygens (including phenoxy) is 3. The maximum absolute atomic E-state index is 12.4. The smallest absolute Gasteiger partial charge is 0.306 e. The molecular weight excluding hydrogens is 476 g/mol. The zero-order valence-corrected chi connectivity index (χ0v) is 25.7. The molecule has 0 bridgehead atoms. The molecule has 0 saturated heterocycles. The van der Waals surface area contributed by atoms with E-state index in [9.17, 15) is 9.59 Å². The van der Waals surface area contributed by atoms with E-state index in [-0.39, 0.29) is 18.5 Å². The lowest BCUT2D eigenvalue weighted by Crippen LogP contribution is -2.30. The molecule has 5 heteroatoms. The van der Waals surface area contributed by atoms with Crippen LogP contribution in [0.4, 0.5) is 0 Å². The molecule has 38 heavy (non-hydrogen) atoms. The molecule has 0 saturated carbocycles. The van der Waals surface area contributed by atoms with E-state index in [1.54, 1.807) is 0 Å². The SMILES string of the molecule is CCCCCCCCCCCC(=O)OCC(COCCCCCCCCCC)OC(=O)CCCCCCC. The number of esters is 2. The third kappa shape index (κ3) is 27.9. The molecule has 0 aliphatic rings. The summed E-state index contributed by atoms with van der Waals surface area (Å²) in [6.07, 6.45) is 26.8. The van der Waals surface area contributed by atoms with Gasteiger partial charge in [-0.25, -0.2) is 0 Å². The Morgan fingerprint density at radius 2 is 0.868 bits per heavy atom. The summed E-state index contributed by atoms with van der Waals surface area (Å²) in [5, 5.41) is 0. The molecule has 0 amide bonds. The highest BCUT2D eigenvalue weighted by atomic mass is 16.6. The van der Waals surface area contributed by atoms with Crippen molar-refractivity contribution >= 4 is 11.9 Å². The van der Waals surface area contributed by atoms with E-state index in [4.69, 9.17) is 14.2 Å². The predicted molar refractivity (Wildman–Crippen MR) is 159 cm³/mol. The van der Waals surface area contributed by atoms with Gasteiger partial charge in [0, 0.05) is 19.4 Å². The summed E-state index contributed by atoms with van der Waals surface area (Å²) in [7, 11) is 0. The lowest BCUT2D eigenvalue weighted by Gasteiger charge is -2.18. The van der Waals surface area contributed by atoms with E-state index in [1.165, 1.54) is 103 Å². The first-order valence-corrected chi connectivity index (χ1v) is 16.6. The molecule has 0 aromatic rings. The van der Waals surface area contributed by atoms with Gasteiger partial charge in [0.2, 0.25) is 0 Å². The van der Waals surface area contributed by atoms with E-state index in [2.05, 4.69) is 20.8 Å². The number of carbonyl (C=O) groups excluding carboxylic acids is 2. The van der Waals surface area contributed by atoms with Crippen LogP contribution in [0, 0.1) is 0 Å². The average molecular weight is 541 g/mol. The minimum absolute atomic E-state index is 0.0925. The summed E-state index contributed by atoms with van der Waals surface area (Å²) in [4.78, 5) is 24.6. The molecule has 0 N–H and O–H groups in total. The van der Waals surface area contributed by atoms with Crippen LogP contribution in [0.5, 0.6) is 0 Å². The van der Waals surface area contributed by atoms with Gasteiger partial charge in [0.1, 0.15) is 6.61 Å². The van der Waals surface area contributed by atoms with Gasteiger partial charge >= 0.3 is 11.9 Å². The molecule has 0 aliphatic carbocycles. The zero-order valence-electron chi connectivity index (χ0n) is 25.7. The summed E-state index contributed by atoms with van der Waals surface area (Å²) in [5.41, 5.74) is 0. The van der Waals surface area contributed by atoms with Crippen molar-refractivity contribution in [2.75, 3.05) is 19.8 Å². The van der Waals surface area contributed by atoms with Crippen molar-refractivity contribution < 1.29 is 23.8 Å². The van der Waals surface area contributed by atoms with E-state index >= 15 is 0 Å². The first kappa shape index (κ1) is 36.9. The number of unbranched alkanes of at least 4 members (excludes halogenated alkanes) is 19. The van der Waals surface area contributed by atoms with Crippen molar-refractivity contribution in [1.29, 1.82) is 0 Å². The predicted octanol–water partition coefficient (Wildman–Crippen LogP) is 9.88. The number of hydrogen-bond donors (Lipinski definition) is 0. The molecule has 1 atom stereocenters. The molecule has 0 fully saturated rings. The quantitative estimate of drug-likeness (QED) is 0.0670. The second-order valence-corrected chi connectivity index (χ2v) is 11.1. The van der Waals surface area contributed by atoms with Crippen LogP contribution < -0.4 is 0 Å². The van der Waals surface area contributed by atoms with Gasteiger partial charge in [0.15, 0.2) is 6.10 Å². The Bertz CT molecular complexity index is 508. The average Bonchev–Trinajstić information content (AvgIpc) is 2.91. The van der Waals surface area contributed by atoms with Gasteiger partial charge in [-0.3, -0.25) is 9.59 Å². The van der Waals surface area contributed by atoms with Crippen molar-refractivity contribution in [3.05, 3.63) is 0 Å². The summed E-state index contributed by atoms with van der Waals surface area (Å²) in [5.74, 6) is -0.409. The topological polar surface area (TPSA) is 61.8 Å². The summed E-state index contributed by atoms with van der Waals surface area (Å²) >= 11 is 0. The van der Waals surface area contributed by atoms with Gasteiger partial charge in [-0.05, 0) is 19.3 Å². The molecule has 0 aliphatic heterocycles. The van der Waals surface area contributed by atoms with Crippen LogP contribution in [-0.2, 0) is 23.8 Å². The minimum Gasteiger partial charge on any atom is -0.462 e. The highest BCUT2D eigenvalue weighted by Crippen LogP contribution is 2.12. The maximum atomic E-state index is 12.4. The van der Waals surface area contributed by atoms with Crippen LogP contribution in [-0.4, -0.2) is 37.9 Å². The van der Waals surface area contributed by atoms with Crippen molar-refractivity contribution in [3.8, 4) is 0 Å².